The van der Waals surface area contributed by atoms with E-state index in [1.807, 2.05) is 181 Å². The molecule has 8 heteroatoms. The van der Waals surface area contributed by atoms with E-state index in [-0.39, 0.29) is 42.1 Å². The normalized spacial score (nSPS) is 12.7. The number of hydrogen-bond donors (Lipinski definition) is 0. The number of hydrogen-bond acceptors (Lipinski definition) is 2. The van der Waals surface area contributed by atoms with Crippen LogP contribution < -0.4 is 0 Å². The number of aliphatic imine (C=N–C) groups is 1. The van der Waals surface area contributed by atoms with Gasteiger partial charge in [0.25, 0.3) is 0 Å². The fourth-order valence-electron chi connectivity index (χ4n) is 5.56. The number of dihydropyridines is 1. The summed E-state index contributed by atoms with van der Waals surface area (Å²) in [6.45, 7) is 1.23. The van der Waals surface area contributed by atoms with Gasteiger partial charge < -0.3 is 25.2 Å². The second-order valence-corrected chi connectivity index (χ2v) is 12.2. The Balaban J connectivity index is 0.000000226. The summed E-state index contributed by atoms with van der Waals surface area (Å²) in [4.78, 5) is 8.65. The van der Waals surface area contributed by atoms with E-state index in [1.54, 1.807) is 0 Å². The molecule has 6 aromatic rings. The van der Waals surface area contributed by atoms with Gasteiger partial charge in [-0.2, -0.15) is 23.9 Å². The van der Waals surface area contributed by atoms with E-state index >= 15 is 0 Å². The summed E-state index contributed by atoms with van der Waals surface area (Å²) in [7, 11) is 0. The van der Waals surface area contributed by atoms with Crippen LogP contribution in [0.4, 0.5) is 17.1 Å². The zero-order chi connectivity index (χ0) is 37.6. The first-order valence-corrected chi connectivity index (χ1v) is 18.5. The maximum Gasteiger partial charge on any atom is 0.0555 e. The van der Waals surface area contributed by atoms with Gasteiger partial charge in [-0.25, -0.2) is 6.67 Å². The summed E-state index contributed by atoms with van der Waals surface area (Å²) in [5.41, 5.74) is 8.05. The number of benzene rings is 5. The minimum atomic E-state index is 0. The fraction of sp³-hybridized carbons (Fsp3) is 0.102. The Morgan fingerprint density at radius 2 is 1.32 bits per heavy atom. The van der Waals surface area contributed by atoms with E-state index in [1.165, 1.54) is 0 Å². The Morgan fingerprint density at radius 1 is 0.667 bits per heavy atom. The van der Waals surface area contributed by atoms with Crippen molar-refractivity contribution in [1.29, 1.82) is 0 Å². The van der Waals surface area contributed by atoms with Crippen molar-refractivity contribution >= 4 is 34.7 Å². The molecule has 1 aliphatic heterocycles. The molecule has 1 aromatic heterocycles. The number of para-hydroxylation sites is 3. The van der Waals surface area contributed by atoms with Crippen molar-refractivity contribution in [3.8, 4) is 0 Å². The van der Waals surface area contributed by atoms with Crippen LogP contribution in [-0.4, -0.2) is 34.8 Å². The molecule has 6 nitrogen and oxygen atoms in total. The van der Waals surface area contributed by atoms with Crippen LogP contribution in [0.25, 0.3) is 21.5 Å². The molecule has 294 valence electrons. The average Bonchev–Trinajstić information content (AvgIpc) is 3.29. The second kappa shape index (κ2) is 25.7. The minimum absolute atomic E-state index is 0. The van der Waals surface area contributed by atoms with E-state index in [0.717, 1.165) is 77.1 Å². The van der Waals surface area contributed by atoms with Crippen LogP contribution in [0.5, 0.6) is 0 Å². The molecular weight excluding hydrogens is 1060 g/mol. The monoisotopic (exact) mass is 1110 g/mol. The molecule has 2 aliphatic rings. The van der Waals surface area contributed by atoms with Gasteiger partial charge in [-0.3, -0.25) is 5.32 Å². The standard InChI is InChI=1S/C27H23N4.2C11H10N.2Pt/c1-5-13-23(14-6-1)27(29-21-28-24-15-7-2-8-16-24)31(26-19-11-4-12-20-26)22-30-25-17-9-3-10-18-25;2*1-2-6-10(7-3-1)11-8-4-5-9-12-11;;/h1-20,22H,21H2;2,4-6,8-9H,1,3H2;1-4,6,8H,5,9H2;;/q-3;2*-1;;. The third-order valence-electron chi connectivity index (χ3n) is 8.29. The summed E-state index contributed by atoms with van der Waals surface area (Å²) in [5, 5.41) is 14.2. The number of allylic oxidation sites excluding steroid dienone is 5. The Hall–Kier alpha value is -5.38. The van der Waals surface area contributed by atoms with E-state index in [9.17, 15) is 0 Å². The summed E-state index contributed by atoms with van der Waals surface area (Å²) in [5.74, 6) is 0. The zero-order valence-corrected chi connectivity index (χ0v) is 35.9. The first-order chi connectivity index (χ1) is 27.3. The molecule has 0 saturated heterocycles. The Bertz CT molecular complexity index is 2070. The van der Waals surface area contributed by atoms with Gasteiger partial charge in [-0.1, -0.05) is 134 Å². The van der Waals surface area contributed by atoms with Crippen LogP contribution in [0, 0.1) is 18.3 Å². The maximum absolute atomic E-state index is 4.86. The SMILES string of the molecule is C(/[N-]c1ccccc1)=[N+](\c1ccccc1)[C-]([N-]C[N-]c1ccccc1)c1ccccc1.[C-]1=C(c2ccccn2)C=CCC1.[Pt].[Pt].[c-]1ccccc1C1=NCCC=C1. The molecule has 57 heavy (non-hydrogen) atoms. The molecule has 0 radical (unpaired) electrons. The largest absolute Gasteiger partial charge is 0.702 e. The number of nitrogens with zero attached hydrogens (tertiary/aromatic N) is 6. The quantitative estimate of drug-likeness (QED) is 0.0551. The van der Waals surface area contributed by atoms with Crippen molar-refractivity contribution in [3.63, 3.8) is 0 Å². The molecule has 0 unspecified atom stereocenters. The Kier molecular flexibility index (Phi) is 20.0. The predicted molar refractivity (Wildman–Crippen MR) is 228 cm³/mol. The van der Waals surface area contributed by atoms with E-state index in [2.05, 4.69) is 57.1 Å². The smallest absolute Gasteiger partial charge is 0.0555 e. The molecule has 8 rings (SSSR count). The van der Waals surface area contributed by atoms with Crippen LogP contribution in [0.2, 0.25) is 0 Å². The third-order valence-corrected chi connectivity index (χ3v) is 8.29. The third kappa shape index (κ3) is 14.9. The Morgan fingerprint density at radius 3 is 1.93 bits per heavy atom. The van der Waals surface area contributed by atoms with Crippen molar-refractivity contribution in [1.82, 2.24) is 4.98 Å². The van der Waals surface area contributed by atoms with Crippen LogP contribution in [0.1, 0.15) is 36.1 Å². The molecule has 0 atom stereocenters. The van der Waals surface area contributed by atoms with Gasteiger partial charge >= 0.3 is 0 Å². The van der Waals surface area contributed by atoms with Crippen LogP contribution in [0.15, 0.2) is 199 Å². The topological polar surface area (TPSA) is 70.6 Å². The van der Waals surface area contributed by atoms with Crippen molar-refractivity contribution < 1.29 is 46.7 Å². The van der Waals surface area contributed by atoms with Gasteiger partial charge in [-0.15, -0.1) is 65.4 Å². The Labute approximate surface area is 366 Å². The van der Waals surface area contributed by atoms with Crippen LogP contribution in [-0.2, 0) is 42.1 Å². The fourth-order valence-corrected chi connectivity index (χ4v) is 5.56. The van der Waals surface area contributed by atoms with Crippen molar-refractivity contribution in [2.45, 2.75) is 19.3 Å². The second-order valence-electron chi connectivity index (χ2n) is 12.2. The number of rotatable bonds is 11. The van der Waals surface area contributed by atoms with E-state index < -0.39 is 0 Å². The number of aromatic nitrogens is 1. The summed E-state index contributed by atoms with van der Waals surface area (Å²) < 4.78 is 2.00. The average molecular weight is 1110 g/mol. The molecule has 2 heterocycles. The van der Waals surface area contributed by atoms with Gasteiger partial charge in [0.1, 0.15) is 0 Å². The maximum atomic E-state index is 4.86. The predicted octanol–water partition coefficient (Wildman–Crippen LogP) is 12.5. The molecular formula is C49H43N6Pt2-5. The molecule has 0 amide bonds. The van der Waals surface area contributed by atoms with Crippen molar-refractivity contribution in [2.24, 2.45) is 4.99 Å². The first-order valence-electron chi connectivity index (χ1n) is 18.5. The molecule has 0 spiro atoms. The van der Waals surface area contributed by atoms with Gasteiger partial charge in [0.2, 0.25) is 0 Å². The molecule has 1 aliphatic carbocycles. The van der Waals surface area contributed by atoms with Crippen LogP contribution in [0.3, 0.4) is 0 Å². The molecule has 5 aromatic carbocycles. The summed E-state index contributed by atoms with van der Waals surface area (Å²) in [6, 6.07) is 57.0. The van der Waals surface area contributed by atoms with Gasteiger partial charge in [0.15, 0.2) is 0 Å². The first kappa shape index (κ1) is 44.3. The minimum Gasteiger partial charge on any atom is -0.702 e. The molecule has 0 bridgehead atoms. The van der Waals surface area contributed by atoms with Gasteiger partial charge in [-0.05, 0) is 41.7 Å². The van der Waals surface area contributed by atoms with Crippen molar-refractivity contribution in [2.75, 3.05) is 13.2 Å². The molecule has 0 fully saturated rings. The van der Waals surface area contributed by atoms with E-state index in [0.29, 0.717) is 6.67 Å². The van der Waals surface area contributed by atoms with Gasteiger partial charge in [0, 0.05) is 61.2 Å². The zero-order valence-electron chi connectivity index (χ0n) is 31.4. The van der Waals surface area contributed by atoms with Crippen molar-refractivity contribution in [3.05, 3.63) is 245 Å². The summed E-state index contributed by atoms with van der Waals surface area (Å²) in [6.07, 6.45) is 19.4. The van der Waals surface area contributed by atoms with E-state index in [4.69, 9.17) is 5.32 Å². The molecule has 0 N–H and O–H groups in total. The van der Waals surface area contributed by atoms with Crippen LogP contribution >= 0.6 is 0 Å². The van der Waals surface area contributed by atoms with Gasteiger partial charge in [0.05, 0.1) is 5.69 Å². The number of pyridine rings is 1. The summed E-state index contributed by atoms with van der Waals surface area (Å²) >= 11 is 0. The molecule has 0 saturated carbocycles.